The monoisotopic (exact) mass is 470 g/mol. The molecule has 0 amide bonds. The summed E-state index contributed by atoms with van der Waals surface area (Å²) < 4.78 is 5.59. The highest BCUT2D eigenvalue weighted by atomic mass is 79.9. The van der Waals surface area contributed by atoms with Crippen molar-refractivity contribution >= 4 is 23.2 Å². The number of rotatable bonds is 10. The van der Waals surface area contributed by atoms with Gasteiger partial charge >= 0.3 is 0 Å². The van der Waals surface area contributed by atoms with E-state index in [0.717, 1.165) is 12.8 Å². The number of ether oxygens (including phenoxy) is 1. The molecule has 0 aliphatic rings. The molecular weight excluding hydrogens is 439 g/mol. The minimum Gasteiger partial charge on any atom is -1.00 e. The van der Waals surface area contributed by atoms with Gasteiger partial charge in [0.1, 0.15) is 23.2 Å². The van der Waals surface area contributed by atoms with Gasteiger partial charge in [0.2, 0.25) is 0 Å². The number of hydrogen-bond donors (Lipinski definition) is 0. The molecule has 0 aliphatic heterocycles. The Morgan fingerprint density at radius 3 is 1.45 bits per heavy atom. The van der Waals surface area contributed by atoms with Crippen molar-refractivity contribution in [2.75, 3.05) is 13.3 Å². The quantitative estimate of drug-likeness (QED) is 0.326. The van der Waals surface area contributed by atoms with E-state index in [-0.39, 0.29) is 17.0 Å². The molecule has 0 fully saturated rings. The summed E-state index contributed by atoms with van der Waals surface area (Å²) in [5.74, 6) is 0. The van der Waals surface area contributed by atoms with Crippen LogP contribution in [-0.4, -0.2) is 19.4 Å². The van der Waals surface area contributed by atoms with Gasteiger partial charge in [-0.25, -0.2) is 0 Å². The zero-order chi connectivity index (χ0) is 19.7. The predicted molar refractivity (Wildman–Crippen MR) is 125 cm³/mol. The van der Waals surface area contributed by atoms with E-state index >= 15 is 0 Å². The van der Waals surface area contributed by atoms with Crippen molar-refractivity contribution in [3.05, 3.63) is 91.0 Å². The van der Waals surface area contributed by atoms with E-state index in [4.69, 9.17) is 4.74 Å². The first kappa shape index (κ1) is 23.8. The fourth-order valence-corrected chi connectivity index (χ4v) is 8.50. The lowest BCUT2D eigenvalue weighted by Crippen LogP contribution is -3.00. The molecule has 3 aromatic carbocycles. The molecule has 1 unspecified atom stereocenters. The zero-order valence-electron chi connectivity index (χ0n) is 17.5. The minimum atomic E-state index is -1.67. The summed E-state index contributed by atoms with van der Waals surface area (Å²) in [6.07, 6.45) is 6.24. The highest BCUT2D eigenvalue weighted by Crippen LogP contribution is 2.55. The lowest BCUT2D eigenvalue weighted by molar-refractivity contribution is -0.00000667. The summed E-state index contributed by atoms with van der Waals surface area (Å²) in [5.41, 5.74) is 0. The van der Waals surface area contributed by atoms with Crippen molar-refractivity contribution in [1.82, 2.24) is 0 Å². The van der Waals surface area contributed by atoms with Crippen LogP contribution < -0.4 is 32.9 Å². The van der Waals surface area contributed by atoms with Crippen molar-refractivity contribution < 1.29 is 21.7 Å². The van der Waals surface area contributed by atoms with E-state index in [1.54, 1.807) is 0 Å². The van der Waals surface area contributed by atoms with Crippen molar-refractivity contribution in [2.45, 2.75) is 38.7 Å². The second-order valence-electron chi connectivity index (χ2n) is 7.30. The average molecular weight is 471 g/mol. The Balaban J connectivity index is 0.00000300. The molecule has 0 spiro atoms. The fraction of sp³-hybridized carbons (Fsp3) is 0.308. The Morgan fingerprint density at radius 2 is 1.10 bits per heavy atom. The first-order valence-corrected chi connectivity index (χ1v) is 12.4. The third kappa shape index (κ3) is 5.79. The molecule has 3 rings (SSSR count). The van der Waals surface area contributed by atoms with E-state index in [1.807, 2.05) is 7.11 Å². The van der Waals surface area contributed by atoms with Crippen LogP contribution in [0.2, 0.25) is 0 Å². The minimum absolute atomic E-state index is 0. The van der Waals surface area contributed by atoms with Gasteiger partial charge in [-0.15, -0.1) is 0 Å². The van der Waals surface area contributed by atoms with Gasteiger partial charge in [0.15, 0.2) is 0 Å². The van der Waals surface area contributed by atoms with Crippen LogP contribution in [0.25, 0.3) is 0 Å². The molecule has 0 bridgehead atoms. The Bertz CT molecular complexity index is 707. The van der Waals surface area contributed by atoms with E-state index in [2.05, 4.69) is 97.9 Å². The Kier molecular flexibility index (Phi) is 10.1. The third-order valence-corrected chi connectivity index (χ3v) is 10.2. The Morgan fingerprint density at radius 1 is 0.690 bits per heavy atom. The summed E-state index contributed by atoms with van der Waals surface area (Å²) >= 11 is 0. The number of hydrogen-bond acceptors (Lipinski definition) is 1. The van der Waals surface area contributed by atoms with Crippen LogP contribution in [0.1, 0.15) is 32.6 Å². The number of halogens is 1. The van der Waals surface area contributed by atoms with Crippen LogP contribution in [-0.2, 0) is 4.74 Å². The van der Waals surface area contributed by atoms with Crippen LogP contribution in [0.15, 0.2) is 91.0 Å². The maximum atomic E-state index is 5.59. The first-order valence-electron chi connectivity index (χ1n) is 10.4. The lowest BCUT2D eigenvalue weighted by Gasteiger charge is -2.28. The van der Waals surface area contributed by atoms with Crippen LogP contribution in [0.4, 0.5) is 0 Å². The normalized spacial score (nSPS) is 12.2. The van der Waals surface area contributed by atoms with Gasteiger partial charge in [-0.1, -0.05) is 61.5 Å². The highest BCUT2D eigenvalue weighted by Gasteiger charge is 2.44. The maximum absolute atomic E-state index is 5.59. The summed E-state index contributed by atoms with van der Waals surface area (Å²) in [4.78, 5) is 0. The van der Waals surface area contributed by atoms with E-state index in [0.29, 0.717) is 6.10 Å². The molecule has 0 N–H and O–H groups in total. The van der Waals surface area contributed by atoms with Crippen LogP contribution in [0, 0.1) is 0 Å². The molecule has 1 nitrogen and oxygen atoms in total. The fourth-order valence-electron chi connectivity index (χ4n) is 4.09. The van der Waals surface area contributed by atoms with Crippen LogP contribution >= 0.6 is 7.26 Å². The standard InChI is InChI=1S/C26H32OP.BrH/c1-3-23(27-2)15-13-14-22-28(24-16-7-4-8-17-24,25-18-9-5-10-19-25)26-20-11-6-12-21-26;/h4-12,16-21,23H,3,13-15,22H2,1-2H3;1H/q+1;/p-1. The summed E-state index contributed by atoms with van der Waals surface area (Å²) in [6, 6.07) is 33.5. The average Bonchev–Trinajstić information content (AvgIpc) is 2.78. The van der Waals surface area contributed by atoms with Crippen LogP contribution in [0.5, 0.6) is 0 Å². The molecule has 3 heteroatoms. The molecule has 0 aromatic heterocycles. The molecule has 3 aromatic rings. The predicted octanol–water partition coefficient (Wildman–Crippen LogP) is 2.58. The second-order valence-corrected chi connectivity index (χ2v) is 10.9. The van der Waals surface area contributed by atoms with Gasteiger partial charge in [-0.2, -0.15) is 0 Å². The van der Waals surface area contributed by atoms with Gasteiger partial charge in [0.25, 0.3) is 0 Å². The van der Waals surface area contributed by atoms with Gasteiger partial charge in [-0.05, 0) is 62.1 Å². The van der Waals surface area contributed by atoms with Crippen molar-refractivity contribution in [3.63, 3.8) is 0 Å². The summed E-state index contributed by atoms with van der Waals surface area (Å²) in [5, 5.41) is 4.43. The van der Waals surface area contributed by atoms with Crippen molar-refractivity contribution in [2.24, 2.45) is 0 Å². The van der Waals surface area contributed by atoms with E-state index < -0.39 is 7.26 Å². The van der Waals surface area contributed by atoms with Gasteiger partial charge in [0.05, 0.1) is 12.3 Å². The highest BCUT2D eigenvalue weighted by molar-refractivity contribution is 7.95. The maximum Gasteiger partial charge on any atom is 0.112 e. The Labute approximate surface area is 187 Å². The summed E-state index contributed by atoms with van der Waals surface area (Å²) in [7, 11) is 0.166. The van der Waals surface area contributed by atoms with E-state index in [9.17, 15) is 0 Å². The van der Waals surface area contributed by atoms with Crippen LogP contribution in [0.3, 0.4) is 0 Å². The molecule has 0 saturated heterocycles. The molecule has 0 heterocycles. The first-order chi connectivity index (χ1) is 13.8. The molecule has 0 aliphatic carbocycles. The summed E-state index contributed by atoms with van der Waals surface area (Å²) in [6.45, 7) is 2.21. The van der Waals surface area contributed by atoms with E-state index in [1.165, 1.54) is 34.9 Å². The van der Waals surface area contributed by atoms with Gasteiger partial charge in [0, 0.05) is 7.11 Å². The molecule has 1 atom stereocenters. The lowest BCUT2D eigenvalue weighted by atomic mass is 10.1. The molecular formula is C26H32BrOP. The van der Waals surface area contributed by atoms with Gasteiger partial charge < -0.3 is 21.7 Å². The Hall–Kier alpha value is -1.47. The molecule has 0 saturated carbocycles. The molecule has 154 valence electrons. The van der Waals surface area contributed by atoms with Crippen molar-refractivity contribution in [1.29, 1.82) is 0 Å². The van der Waals surface area contributed by atoms with Gasteiger partial charge in [-0.3, -0.25) is 0 Å². The van der Waals surface area contributed by atoms with Crippen molar-refractivity contribution in [3.8, 4) is 0 Å². The smallest absolute Gasteiger partial charge is 0.112 e. The third-order valence-electron chi connectivity index (χ3n) is 5.65. The zero-order valence-corrected chi connectivity index (χ0v) is 20.0. The second kappa shape index (κ2) is 12.3. The molecule has 0 radical (unpaired) electrons. The topological polar surface area (TPSA) is 9.23 Å². The molecule has 29 heavy (non-hydrogen) atoms. The SMILES string of the molecule is CCC(CCCC[P+](c1ccccc1)(c1ccccc1)c1ccccc1)OC.[Br-]. The number of unbranched alkanes of at least 4 members (excludes halogenated alkanes) is 1. The number of benzene rings is 3. The number of methoxy groups -OCH3 is 1. The largest absolute Gasteiger partial charge is 1.00 e.